The van der Waals surface area contributed by atoms with E-state index >= 15 is 0 Å². The van der Waals surface area contributed by atoms with Gasteiger partial charge in [-0.05, 0) is 37.0 Å². The summed E-state index contributed by atoms with van der Waals surface area (Å²) >= 11 is 0. The van der Waals surface area contributed by atoms with Crippen LogP contribution in [0.1, 0.15) is 55.5 Å². The van der Waals surface area contributed by atoms with E-state index in [-0.39, 0.29) is 17.4 Å². The van der Waals surface area contributed by atoms with Crippen molar-refractivity contribution in [1.29, 1.82) is 0 Å². The van der Waals surface area contributed by atoms with Gasteiger partial charge in [0.05, 0.1) is 11.8 Å². The predicted octanol–water partition coefficient (Wildman–Crippen LogP) is 4.21. The first-order chi connectivity index (χ1) is 13.1. The lowest BCUT2D eigenvalue weighted by molar-refractivity contribution is -0.141. The molecule has 1 N–H and O–H groups in total. The van der Waals surface area contributed by atoms with Gasteiger partial charge < -0.3 is 14.4 Å². The number of ketones is 1. The van der Waals surface area contributed by atoms with Crippen LogP contribution < -0.4 is 0 Å². The van der Waals surface area contributed by atoms with Crippen molar-refractivity contribution in [1.82, 2.24) is 4.90 Å². The molecular weight excluding hydrogens is 342 g/mol. The number of aliphatic hydroxyl groups excluding tert-OH is 1. The van der Waals surface area contributed by atoms with Gasteiger partial charge in [0.1, 0.15) is 17.6 Å². The first-order valence-corrected chi connectivity index (χ1v) is 9.54. The molecule has 0 bridgehead atoms. The van der Waals surface area contributed by atoms with E-state index in [4.69, 9.17) is 4.42 Å². The molecule has 1 aliphatic heterocycles. The van der Waals surface area contributed by atoms with E-state index < -0.39 is 17.7 Å². The molecule has 4 rings (SSSR count). The van der Waals surface area contributed by atoms with E-state index in [9.17, 15) is 14.7 Å². The van der Waals surface area contributed by atoms with Gasteiger partial charge in [-0.1, -0.05) is 44.0 Å². The average Bonchev–Trinajstić information content (AvgIpc) is 3.43. The number of rotatable bonds is 4. The highest BCUT2D eigenvalue weighted by Crippen LogP contribution is 2.43. The third-order valence-corrected chi connectivity index (χ3v) is 5.65. The van der Waals surface area contributed by atoms with Gasteiger partial charge in [0.25, 0.3) is 11.7 Å². The van der Waals surface area contributed by atoms with Gasteiger partial charge in [0, 0.05) is 11.6 Å². The fourth-order valence-corrected chi connectivity index (χ4v) is 4.19. The molecule has 0 radical (unpaired) electrons. The van der Waals surface area contributed by atoms with Crippen LogP contribution in [0.4, 0.5) is 0 Å². The molecular formula is C22H23NO4. The van der Waals surface area contributed by atoms with Gasteiger partial charge in [-0.2, -0.15) is 0 Å². The van der Waals surface area contributed by atoms with Crippen LogP contribution in [0.5, 0.6) is 0 Å². The van der Waals surface area contributed by atoms with Gasteiger partial charge in [-0.25, -0.2) is 0 Å². The van der Waals surface area contributed by atoms with Crippen molar-refractivity contribution in [3.63, 3.8) is 0 Å². The van der Waals surface area contributed by atoms with Crippen LogP contribution in [0.25, 0.3) is 5.76 Å². The molecule has 1 atom stereocenters. The minimum absolute atomic E-state index is 0.00400. The van der Waals surface area contributed by atoms with E-state index in [1.54, 1.807) is 29.2 Å². The second-order valence-electron chi connectivity index (χ2n) is 7.21. The summed E-state index contributed by atoms with van der Waals surface area (Å²) in [6.07, 6.45) is 6.23. The number of nitrogens with zero attached hydrogens (tertiary/aromatic N) is 1. The van der Waals surface area contributed by atoms with Crippen LogP contribution in [-0.2, 0) is 16.0 Å². The maximum atomic E-state index is 12.9. The van der Waals surface area contributed by atoms with E-state index in [1.165, 1.54) is 6.26 Å². The van der Waals surface area contributed by atoms with Crippen molar-refractivity contribution in [3.05, 3.63) is 65.1 Å². The molecule has 2 aromatic rings. The van der Waals surface area contributed by atoms with Gasteiger partial charge in [-0.3, -0.25) is 9.59 Å². The summed E-state index contributed by atoms with van der Waals surface area (Å²) in [5.74, 6) is -0.818. The highest BCUT2D eigenvalue weighted by molar-refractivity contribution is 6.46. The molecule has 1 saturated heterocycles. The Labute approximate surface area is 158 Å². The van der Waals surface area contributed by atoms with E-state index in [0.717, 1.165) is 37.7 Å². The first-order valence-electron chi connectivity index (χ1n) is 9.54. The van der Waals surface area contributed by atoms with Gasteiger partial charge in [0.15, 0.2) is 0 Å². The Morgan fingerprint density at radius 3 is 2.44 bits per heavy atom. The number of carbonyl (C=O) groups is 2. The molecule has 1 saturated carbocycles. The number of furan rings is 1. The minimum atomic E-state index is -0.672. The summed E-state index contributed by atoms with van der Waals surface area (Å²) in [7, 11) is 0. The van der Waals surface area contributed by atoms with Crippen molar-refractivity contribution in [3.8, 4) is 0 Å². The molecule has 1 amide bonds. The van der Waals surface area contributed by atoms with Gasteiger partial charge >= 0.3 is 0 Å². The van der Waals surface area contributed by atoms with Crippen LogP contribution in [0.15, 0.2) is 52.7 Å². The Bertz CT molecular complexity index is 874. The molecule has 1 aliphatic carbocycles. The molecule has 1 aromatic heterocycles. The average molecular weight is 365 g/mol. The third kappa shape index (κ3) is 2.97. The van der Waals surface area contributed by atoms with E-state index in [0.29, 0.717) is 11.3 Å². The maximum absolute atomic E-state index is 12.9. The summed E-state index contributed by atoms with van der Waals surface area (Å²) in [5.41, 5.74) is 1.79. The normalized spacial score (nSPS) is 22.7. The van der Waals surface area contributed by atoms with Gasteiger partial charge in [0.2, 0.25) is 0 Å². The number of amides is 1. The number of benzene rings is 1. The van der Waals surface area contributed by atoms with Crippen molar-refractivity contribution in [2.24, 2.45) is 0 Å². The lowest BCUT2D eigenvalue weighted by Crippen LogP contribution is -2.37. The highest BCUT2D eigenvalue weighted by atomic mass is 16.3. The number of likely N-dealkylation sites (tertiary alicyclic amines) is 1. The monoisotopic (exact) mass is 365 g/mol. The van der Waals surface area contributed by atoms with Gasteiger partial charge in [-0.15, -0.1) is 0 Å². The molecule has 5 nitrogen and oxygen atoms in total. The van der Waals surface area contributed by atoms with Crippen LogP contribution >= 0.6 is 0 Å². The fraction of sp³-hybridized carbons (Fsp3) is 0.364. The largest absolute Gasteiger partial charge is 0.507 e. The topological polar surface area (TPSA) is 70.8 Å². The molecule has 0 spiro atoms. The van der Waals surface area contributed by atoms with Crippen molar-refractivity contribution < 1.29 is 19.1 Å². The van der Waals surface area contributed by atoms with Crippen LogP contribution in [0.3, 0.4) is 0 Å². The summed E-state index contributed by atoms with van der Waals surface area (Å²) in [4.78, 5) is 27.3. The smallest absolute Gasteiger partial charge is 0.296 e. The Kier molecular flexibility index (Phi) is 4.60. The SMILES string of the molecule is CCc1ccc(/C(O)=C2/C(=O)C(=O)N(C3CCCC3)C2c2ccco2)cc1. The number of aryl methyl sites for hydroxylation is 1. The zero-order valence-electron chi connectivity index (χ0n) is 15.4. The lowest BCUT2D eigenvalue weighted by Gasteiger charge is -2.29. The number of aliphatic hydroxyl groups is 1. The molecule has 5 heteroatoms. The van der Waals surface area contributed by atoms with Crippen LogP contribution in [0, 0.1) is 0 Å². The van der Waals surface area contributed by atoms with Crippen LogP contribution in [0.2, 0.25) is 0 Å². The molecule has 140 valence electrons. The first kappa shape index (κ1) is 17.6. The van der Waals surface area contributed by atoms with Crippen molar-refractivity contribution in [2.45, 2.75) is 51.1 Å². The Morgan fingerprint density at radius 2 is 1.85 bits per heavy atom. The zero-order valence-corrected chi connectivity index (χ0v) is 15.4. The number of carbonyl (C=O) groups excluding carboxylic acids is 2. The Hall–Kier alpha value is -2.82. The van der Waals surface area contributed by atoms with Crippen molar-refractivity contribution in [2.75, 3.05) is 0 Å². The number of hydrogen-bond donors (Lipinski definition) is 1. The third-order valence-electron chi connectivity index (χ3n) is 5.65. The van der Waals surface area contributed by atoms with E-state index in [1.807, 2.05) is 12.1 Å². The molecule has 2 heterocycles. The summed E-state index contributed by atoms with van der Waals surface area (Å²) < 4.78 is 5.57. The fourth-order valence-electron chi connectivity index (χ4n) is 4.19. The van der Waals surface area contributed by atoms with Crippen molar-refractivity contribution >= 4 is 17.4 Å². The zero-order chi connectivity index (χ0) is 19.0. The molecule has 1 unspecified atom stereocenters. The van der Waals surface area contributed by atoms with E-state index in [2.05, 4.69) is 6.92 Å². The highest BCUT2D eigenvalue weighted by Gasteiger charge is 2.50. The molecule has 2 fully saturated rings. The summed E-state index contributed by atoms with van der Waals surface area (Å²) in [6.45, 7) is 2.05. The predicted molar refractivity (Wildman–Crippen MR) is 101 cm³/mol. The summed E-state index contributed by atoms with van der Waals surface area (Å²) in [5, 5.41) is 10.9. The minimum Gasteiger partial charge on any atom is -0.507 e. The molecule has 1 aromatic carbocycles. The molecule has 2 aliphatic rings. The maximum Gasteiger partial charge on any atom is 0.296 e. The Morgan fingerprint density at radius 1 is 1.15 bits per heavy atom. The summed E-state index contributed by atoms with van der Waals surface area (Å²) in [6, 6.07) is 10.2. The second-order valence-corrected chi connectivity index (χ2v) is 7.21. The Balaban J connectivity index is 1.83. The van der Waals surface area contributed by atoms with Crippen LogP contribution in [-0.4, -0.2) is 27.7 Å². The lowest BCUT2D eigenvalue weighted by atomic mass is 9.98. The number of hydrogen-bond acceptors (Lipinski definition) is 4. The molecule has 27 heavy (non-hydrogen) atoms. The number of Topliss-reactive ketones (excluding diaryl/α,β-unsaturated/α-hetero) is 1. The quantitative estimate of drug-likeness (QED) is 0.501. The second kappa shape index (κ2) is 7.06. The standard InChI is InChI=1S/C22H23NO4/c1-2-14-9-11-15(12-10-14)20(24)18-19(17-8-5-13-27-17)23(22(26)21(18)25)16-6-3-4-7-16/h5,8-13,16,19,24H,2-4,6-7H2,1H3/b20-18-.